The second-order valence-corrected chi connectivity index (χ2v) is 39.0. The van der Waals surface area contributed by atoms with Gasteiger partial charge in [0.05, 0.1) is 56.3 Å². The maximum atomic E-state index is 18.2. The van der Waals surface area contributed by atoms with Gasteiger partial charge in [-0.05, 0) is 184 Å². The van der Waals surface area contributed by atoms with Crippen molar-refractivity contribution in [3.8, 4) is 34.5 Å². The average Bonchev–Trinajstić information content (AvgIpc) is 0.656. The topological polar surface area (TPSA) is 246 Å². The molecule has 768 valence electrons. The molecule has 0 bridgehead atoms. The summed E-state index contributed by atoms with van der Waals surface area (Å²) in [6.07, 6.45) is 57.3. The standard InChI is InChI=1S/C120H180O18/c1-7-13-19-25-31-37-43-49-55-61-91-130-103-79-67-97(68-80-103)110(122)118(136-115(127)100-73-85-106(86-74-100)133-94-64-58-52-46-40-34-28-22-16-10-4)113(125)109(121)114(126)119(111(123)98-69-81-104(82-70-98)131-92-62-56-50-44-38-32-26-20-14-8-2,137-116(128)101-75-87-107(88-76-101)134-95-65-59-53-47-41-35-29-23-17-11-5)120(118,112(124)99-71-83-105(84-72-99)132-93-63-57-51-45-39-33-27-21-15-9-3)138-117(129)102-77-89-108(90-78-102)135-96-66-60-54-48-42-36-30-24-18-12-6/h67-90,109,113-114,121,125-126H,7-66,91-96H2,1-6H3/t109-,113-,114+,118+,119-,120-. The third kappa shape index (κ3) is 40.4. The van der Waals surface area contributed by atoms with Crippen molar-refractivity contribution in [3.05, 3.63) is 179 Å². The number of ether oxygens (including phenoxy) is 9. The number of Topliss-reactive ketones (excluding diaryl/α,β-unsaturated/α-hetero) is 3. The van der Waals surface area contributed by atoms with E-state index >= 15 is 28.8 Å². The molecular weight excluding hydrogens is 1730 g/mol. The summed E-state index contributed by atoms with van der Waals surface area (Å²) in [7, 11) is 0. The molecule has 6 aromatic rings. The number of hydrogen-bond donors (Lipinski definition) is 3. The van der Waals surface area contributed by atoms with Crippen molar-refractivity contribution in [2.24, 2.45) is 0 Å². The summed E-state index contributed by atoms with van der Waals surface area (Å²) in [5.74, 6) is -7.20. The molecule has 7 rings (SSSR count). The summed E-state index contributed by atoms with van der Waals surface area (Å²) in [4.78, 5) is 103. The van der Waals surface area contributed by atoms with Crippen molar-refractivity contribution < 1.29 is 86.7 Å². The third-order valence-electron chi connectivity index (χ3n) is 27.5. The summed E-state index contributed by atoms with van der Waals surface area (Å²) < 4.78 is 58.9. The molecule has 0 amide bonds. The number of benzene rings is 6. The Labute approximate surface area is 832 Å². The van der Waals surface area contributed by atoms with E-state index in [1.165, 1.54) is 357 Å². The first kappa shape index (κ1) is 116. The number of esters is 3. The van der Waals surface area contributed by atoms with Crippen LogP contribution in [-0.2, 0) is 14.2 Å². The molecule has 1 aliphatic carbocycles. The molecular formula is C120H180O18. The van der Waals surface area contributed by atoms with E-state index in [0.29, 0.717) is 81.0 Å². The predicted molar refractivity (Wildman–Crippen MR) is 558 cm³/mol. The number of rotatable bonds is 84. The molecule has 1 fully saturated rings. The van der Waals surface area contributed by atoms with Crippen LogP contribution in [0.1, 0.15) is 489 Å². The lowest BCUT2D eigenvalue weighted by atomic mass is 9.52. The van der Waals surface area contributed by atoms with Crippen LogP contribution < -0.4 is 28.4 Å². The number of aliphatic hydroxyl groups excluding tert-OH is 3. The molecule has 0 aromatic heterocycles. The maximum Gasteiger partial charge on any atom is 0.339 e. The van der Waals surface area contributed by atoms with Gasteiger partial charge in [-0.1, -0.05) is 388 Å². The minimum Gasteiger partial charge on any atom is -0.494 e. The molecule has 18 heteroatoms. The minimum absolute atomic E-state index is 0.281. The maximum absolute atomic E-state index is 18.2. The van der Waals surface area contributed by atoms with E-state index in [2.05, 4.69) is 41.5 Å². The van der Waals surface area contributed by atoms with Crippen LogP contribution in [0.2, 0.25) is 0 Å². The summed E-state index contributed by atoms with van der Waals surface area (Å²) in [5.41, 5.74) is -14.7. The molecule has 0 unspecified atom stereocenters. The lowest BCUT2D eigenvalue weighted by Gasteiger charge is -2.60. The first-order valence-electron chi connectivity index (χ1n) is 55.3. The Morgan fingerprint density at radius 1 is 0.196 bits per heavy atom. The summed E-state index contributed by atoms with van der Waals surface area (Å²) in [6, 6.07) is 33.8. The van der Waals surface area contributed by atoms with Crippen molar-refractivity contribution in [1.82, 2.24) is 0 Å². The molecule has 0 saturated heterocycles. The van der Waals surface area contributed by atoms with E-state index < -0.39 is 87.1 Å². The Morgan fingerprint density at radius 3 is 0.514 bits per heavy atom. The normalized spacial score (nSPS) is 16.8. The van der Waals surface area contributed by atoms with Crippen LogP contribution >= 0.6 is 0 Å². The van der Waals surface area contributed by atoms with Gasteiger partial charge in [-0.25, -0.2) is 14.4 Å². The first-order chi connectivity index (χ1) is 67.6. The molecule has 18 nitrogen and oxygen atoms in total. The lowest BCUT2D eigenvalue weighted by Crippen LogP contribution is -2.91. The highest BCUT2D eigenvalue weighted by Gasteiger charge is 2.88. The Hall–Kier alpha value is -8.58. The van der Waals surface area contributed by atoms with Crippen molar-refractivity contribution >= 4 is 35.3 Å². The smallest absolute Gasteiger partial charge is 0.339 e. The monoisotopic (exact) mass is 1910 g/mol. The summed E-state index contributed by atoms with van der Waals surface area (Å²) >= 11 is 0. The summed E-state index contributed by atoms with van der Waals surface area (Å²) in [6.45, 7) is 15.2. The Morgan fingerprint density at radius 2 is 0.341 bits per heavy atom. The van der Waals surface area contributed by atoms with Gasteiger partial charge in [-0.3, -0.25) is 14.4 Å². The number of aliphatic hydroxyl groups is 3. The average molecular weight is 1910 g/mol. The number of hydrogen-bond acceptors (Lipinski definition) is 18. The van der Waals surface area contributed by atoms with Gasteiger partial charge >= 0.3 is 17.9 Å². The molecule has 0 aliphatic heterocycles. The van der Waals surface area contributed by atoms with Crippen LogP contribution in [0, 0.1) is 0 Å². The molecule has 6 aromatic carbocycles. The first-order valence-corrected chi connectivity index (χ1v) is 55.3. The van der Waals surface area contributed by atoms with Crippen molar-refractivity contribution in [3.63, 3.8) is 0 Å². The highest BCUT2D eigenvalue weighted by Crippen LogP contribution is 2.57. The SMILES string of the molecule is CCCCCCCCCCCCOc1ccc(C(=O)O[C@@]2(C(=O)c3ccc(OCCCCCCCCCCCC)cc3)[C@@](OC(=O)c3ccc(OCCCCCCCCCCCC)cc3)(C(=O)c3ccc(OCCCCCCCCCCCC)cc3)[C@@H](O)[C@H](O)[C@@H](O)[C@@]2(OC(=O)c2ccc(OCCCCCCCCCCCC)cc2)C(=O)c2ccc(OCCCCCCCCCCCC)cc2)cc1. The lowest BCUT2D eigenvalue weighted by molar-refractivity contribution is -0.293. The molecule has 6 atom stereocenters. The van der Waals surface area contributed by atoms with Crippen molar-refractivity contribution in [2.45, 2.75) is 462 Å². The highest BCUT2D eigenvalue weighted by molar-refractivity contribution is 6.21. The predicted octanol–water partition coefficient (Wildman–Crippen LogP) is 31.3. The van der Waals surface area contributed by atoms with Gasteiger partial charge in [0, 0.05) is 16.7 Å². The van der Waals surface area contributed by atoms with Gasteiger partial charge < -0.3 is 58.0 Å². The second kappa shape index (κ2) is 71.0. The van der Waals surface area contributed by atoms with Gasteiger partial charge in [0.15, 0.2) is 0 Å². The summed E-state index contributed by atoms with van der Waals surface area (Å²) in [5, 5.41) is 41.7. The zero-order chi connectivity index (χ0) is 98.6. The van der Waals surface area contributed by atoms with Crippen LogP contribution in [0.4, 0.5) is 0 Å². The van der Waals surface area contributed by atoms with E-state index in [1.807, 2.05) is 0 Å². The van der Waals surface area contributed by atoms with Gasteiger partial charge in [-0.2, -0.15) is 0 Å². The van der Waals surface area contributed by atoms with Gasteiger partial charge in [0.1, 0.15) is 52.8 Å². The molecule has 138 heavy (non-hydrogen) atoms. The molecule has 1 saturated carbocycles. The van der Waals surface area contributed by atoms with Crippen molar-refractivity contribution in [1.29, 1.82) is 0 Å². The van der Waals surface area contributed by atoms with Gasteiger partial charge in [-0.15, -0.1) is 0 Å². The molecule has 1 aliphatic rings. The zero-order valence-electron chi connectivity index (χ0n) is 86.2. The zero-order valence-corrected chi connectivity index (χ0v) is 86.2. The van der Waals surface area contributed by atoms with Crippen LogP contribution in [-0.4, -0.2) is 125 Å². The van der Waals surface area contributed by atoms with E-state index in [0.717, 1.165) is 154 Å². The molecule has 0 heterocycles. The van der Waals surface area contributed by atoms with Crippen LogP contribution in [0.5, 0.6) is 34.5 Å². The van der Waals surface area contributed by atoms with Gasteiger partial charge in [0.2, 0.25) is 17.3 Å². The van der Waals surface area contributed by atoms with E-state index in [-0.39, 0.29) is 29.0 Å². The van der Waals surface area contributed by atoms with E-state index in [9.17, 15) is 15.3 Å². The second-order valence-electron chi connectivity index (χ2n) is 39.0. The van der Waals surface area contributed by atoms with Crippen LogP contribution in [0.3, 0.4) is 0 Å². The van der Waals surface area contributed by atoms with E-state index in [4.69, 9.17) is 42.6 Å². The molecule has 3 N–H and O–H groups in total. The van der Waals surface area contributed by atoms with Crippen molar-refractivity contribution in [2.75, 3.05) is 39.6 Å². The number of ketones is 3. The van der Waals surface area contributed by atoms with E-state index in [1.54, 1.807) is 0 Å². The minimum atomic E-state index is -4.22. The largest absolute Gasteiger partial charge is 0.494 e. The van der Waals surface area contributed by atoms with Crippen LogP contribution in [0.25, 0.3) is 0 Å². The molecule has 0 radical (unpaired) electrons. The fraction of sp³-hybridized carbons (Fsp3) is 0.650. The fourth-order valence-electron chi connectivity index (χ4n) is 18.9. The quantitative estimate of drug-likeness (QED) is 0.0139. The van der Waals surface area contributed by atoms with Crippen LogP contribution in [0.15, 0.2) is 146 Å². The van der Waals surface area contributed by atoms with Gasteiger partial charge in [0.25, 0.3) is 16.8 Å². The Kier molecular flexibility index (Phi) is 59.8. The fourth-order valence-corrected chi connectivity index (χ4v) is 18.9. The number of unbranched alkanes of at least 4 members (excludes halogenated alkanes) is 54. The Balaban J connectivity index is 1.44. The third-order valence-corrected chi connectivity index (χ3v) is 27.5. The Bertz CT molecular complexity index is 4000. The number of carbonyl (C=O) groups is 6. The highest BCUT2D eigenvalue weighted by atomic mass is 16.7. The number of carbonyl (C=O) groups excluding carboxylic acids is 6. The molecule has 0 spiro atoms.